The Morgan fingerprint density at radius 2 is 1.64 bits per heavy atom. The van der Waals surface area contributed by atoms with Crippen LogP contribution in [0.15, 0.2) is 48.5 Å². The molecule has 2 aromatic rings. The highest BCUT2D eigenvalue weighted by molar-refractivity contribution is 5.97. The van der Waals surface area contributed by atoms with Crippen LogP contribution in [0, 0.1) is 6.92 Å². The molecule has 1 heterocycles. The summed E-state index contributed by atoms with van der Waals surface area (Å²) in [7, 11) is 0. The third-order valence-electron chi connectivity index (χ3n) is 4.83. The van der Waals surface area contributed by atoms with Gasteiger partial charge in [-0.2, -0.15) is 0 Å². The number of carbonyl (C=O) groups is 3. The monoisotopic (exact) mass is 379 g/mol. The molecule has 2 aromatic carbocycles. The van der Waals surface area contributed by atoms with Gasteiger partial charge >= 0.3 is 0 Å². The van der Waals surface area contributed by atoms with Crippen molar-refractivity contribution in [1.29, 1.82) is 0 Å². The molecule has 0 spiro atoms. The highest BCUT2D eigenvalue weighted by Crippen LogP contribution is 2.17. The summed E-state index contributed by atoms with van der Waals surface area (Å²) in [5, 5.41) is 5.76. The van der Waals surface area contributed by atoms with Crippen LogP contribution in [0.4, 0.5) is 5.69 Å². The van der Waals surface area contributed by atoms with Gasteiger partial charge in [0.05, 0.1) is 0 Å². The number of carbonyl (C=O) groups excluding carboxylic acids is 3. The van der Waals surface area contributed by atoms with Crippen molar-refractivity contribution in [3.8, 4) is 0 Å². The van der Waals surface area contributed by atoms with E-state index >= 15 is 0 Å². The van der Waals surface area contributed by atoms with E-state index < -0.39 is 0 Å². The maximum absolute atomic E-state index is 12.8. The number of likely N-dealkylation sites (tertiary alicyclic amines) is 1. The Morgan fingerprint density at radius 3 is 2.32 bits per heavy atom. The van der Waals surface area contributed by atoms with Crippen LogP contribution < -0.4 is 10.6 Å². The fourth-order valence-corrected chi connectivity index (χ4v) is 3.40. The maximum Gasteiger partial charge on any atom is 0.253 e. The number of benzene rings is 2. The zero-order valence-electron chi connectivity index (χ0n) is 16.2. The number of aryl methyl sites for hydroxylation is 1. The van der Waals surface area contributed by atoms with Gasteiger partial charge in [0.2, 0.25) is 5.91 Å². The van der Waals surface area contributed by atoms with Gasteiger partial charge in [-0.1, -0.05) is 23.8 Å². The molecule has 0 bridgehead atoms. The zero-order valence-corrected chi connectivity index (χ0v) is 16.2. The standard InChI is InChI=1S/C22H25N3O3/c1-15-5-3-6-17(13-15)21(27)24-19-9-11-25(12-10-19)22(28)18-7-4-8-20(14-18)23-16(2)26/h3-8,13-14,19H,9-12H2,1-2H3,(H,23,26)(H,24,27). The zero-order chi connectivity index (χ0) is 20.1. The quantitative estimate of drug-likeness (QED) is 0.857. The predicted molar refractivity (Wildman–Crippen MR) is 108 cm³/mol. The smallest absolute Gasteiger partial charge is 0.253 e. The Bertz CT molecular complexity index is 886. The molecule has 6 nitrogen and oxygen atoms in total. The van der Waals surface area contributed by atoms with E-state index in [0.29, 0.717) is 42.7 Å². The molecule has 1 aliphatic rings. The molecule has 1 aliphatic heterocycles. The van der Waals surface area contributed by atoms with E-state index in [4.69, 9.17) is 0 Å². The molecule has 28 heavy (non-hydrogen) atoms. The van der Waals surface area contributed by atoms with Gasteiger partial charge in [-0.05, 0) is 50.1 Å². The second-order valence-corrected chi connectivity index (χ2v) is 7.17. The van der Waals surface area contributed by atoms with E-state index in [1.165, 1.54) is 6.92 Å². The first-order valence-corrected chi connectivity index (χ1v) is 9.47. The van der Waals surface area contributed by atoms with Gasteiger partial charge in [0.1, 0.15) is 0 Å². The van der Waals surface area contributed by atoms with Crippen molar-refractivity contribution in [2.24, 2.45) is 0 Å². The molecule has 0 aromatic heterocycles. The summed E-state index contributed by atoms with van der Waals surface area (Å²) in [4.78, 5) is 38.1. The molecule has 0 radical (unpaired) electrons. The SMILES string of the molecule is CC(=O)Nc1cccc(C(=O)N2CCC(NC(=O)c3cccc(C)c3)CC2)c1. The van der Waals surface area contributed by atoms with Crippen molar-refractivity contribution in [2.75, 3.05) is 18.4 Å². The van der Waals surface area contributed by atoms with Crippen LogP contribution in [0.25, 0.3) is 0 Å². The summed E-state index contributed by atoms with van der Waals surface area (Å²) < 4.78 is 0. The first-order chi connectivity index (χ1) is 13.4. The Hall–Kier alpha value is -3.15. The molecule has 146 valence electrons. The third kappa shape index (κ3) is 4.97. The van der Waals surface area contributed by atoms with Gasteiger partial charge in [0.15, 0.2) is 0 Å². The Balaban J connectivity index is 1.55. The number of hydrogen-bond acceptors (Lipinski definition) is 3. The number of anilines is 1. The molecular weight excluding hydrogens is 354 g/mol. The van der Waals surface area contributed by atoms with Gasteiger partial charge < -0.3 is 15.5 Å². The number of nitrogens with one attached hydrogen (secondary N) is 2. The molecule has 6 heteroatoms. The fraction of sp³-hybridized carbons (Fsp3) is 0.318. The predicted octanol–water partition coefficient (Wildman–Crippen LogP) is 2.99. The molecule has 1 saturated heterocycles. The second kappa shape index (κ2) is 8.69. The topological polar surface area (TPSA) is 78.5 Å². The van der Waals surface area contributed by atoms with Crippen LogP contribution in [-0.4, -0.2) is 41.8 Å². The van der Waals surface area contributed by atoms with Crippen LogP contribution in [-0.2, 0) is 4.79 Å². The van der Waals surface area contributed by atoms with Crippen molar-refractivity contribution in [3.05, 3.63) is 65.2 Å². The van der Waals surface area contributed by atoms with Gasteiger partial charge in [0.25, 0.3) is 11.8 Å². The first-order valence-electron chi connectivity index (χ1n) is 9.47. The Labute approximate surface area is 164 Å². The summed E-state index contributed by atoms with van der Waals surface area (Å²) in [6.45, 7) is 4.57. The van der Waals surface area contributed by atoms with Crippen LogP contribution in [0.5, 0.6) is 0 Å². The maximum atomic E-state index is 12.8. The average Bonchev–Trinajstić information content (AvgIpc) is 2.68. The van der Waals surface area contributed by atoms with Gasteiger partial charge in [0, 0.05) is 42.9 Å². The van der Waals surface area contributed by atoms with Crippen molar-refractivity contribution < 1.29 is 14.4 Å². The third-order valence-corrected chi connectivity index (χ3v) is 4.83. The number of rotatable bonds is 4. The lowest BCUT2D eigenvalue weighted by molar-refractivity contribution is -0.114. The summed E-state index contributed by atoms with van der Waals surface area (Å²) in [6.07, 6.45) is 1.43. The van der Waals surface area contributed by atoms with Gasteiger partial charge in [-0.3, -0.25) is 14.4 Å². The Kier molecular flexibility index (Phi) is 6.09. The highest BCUT2D eigenvalue weighted by Gasteiger charge is 2.25. The summed E-state index contributed by atoms with van der Waals surface area (Å²) in [5.74, 6) is -0.304. The lowest BCUT2D eigenvalue weighted by Gasteiger charge is -2.32. The van der Waals surface area contributed by atoms with Crippen molar-refractivity contribution in [3.63, 3.8) is 0 Å². The molecule has 0 atom stereocenters. The summed E-state index contributed by atoms with van der Waals surface area (Å²) in [6, 6.07) is 14.5. The summed E-state index contributed by atoms with van der Waals surface area (Å²) >= 11 is 0. The molecule has 0 saturated carbocycles. The van der Waals surface area contributed by atoms with Crippen LogP contribution in [0.3, 0.4) is 0 Å². The highest BCUT2D eigenvalue weighted by atomic mass is 16.2. The minimum atomic E-state index is -0.172. The lowest BCUT2D eigenvalue weighted by atomic mass is 10.0. The van der Waals surface area contributed by atoms with Crippen LogP contribution in [0.2, 0.25) is 0 Å². The average molecular weight is 379 g/mol. The molecule has 0 aliphatic carbocycles. The molecule has 3 rings (SSSR count). The van der Waals surface area contributed by atoms with Crippen molar-refractivity contribution in [1.82, 2.24) is 10.2 Å². The van der Waals surface area contributed by atoms with E-state index in [1.54, 1.807) is 29.2 Å². The summed E-state index contributed by atoms with van der Waals surface area (Å²) in [5.41, 5.74) is 2.87. The largest absolute Gasteiger partial charge is 0.349 e. The number of hydrogen-bond donors (Lipinski definition) is 2. The Morgan fingerprint density at radius 1 is 0.964 bits per heavy atom. The number of piperidine rings is 1. The van der Waals surface area contributed by atoms with E-state index in [9.17, 15) is 14.4 Å². The van der Waals surface area contributed by atoms with E-state index in [2.05, 4.69) is 10.6 Å². The molecular formula is C22H25N3O3. The van der Waals surface area contributed by atoms with Crippen molar-refractivity contribution >= 4 is 23.4 Å². The van der Waals surface area contributed by atoms with Crippen molar-refractivity contribution in [2.45, 2.75) is 32.7 Å². The molecule has 0 unspecified atom stereocenters. The van der Waals surface area contributed by atoms with Gasteiger partial charge in [-0.25, -0.2) is 0 Å². The fourth-order valence-electron chi connectivity index (χ4n) is 3.40. The van der Waals surface area contributed by atoms with Gasteiger partial charge in [-0.15, -0.1) is 0 Å². The van der Waals surface area contributed by atoms with Crippen LogP contribution >= 0.6 is 0 Å². The second-order valence-electron chi connectivity index (χ2n) is 7.17. The minimum absolute atomic E-state index is 0.0581. The molecule has 1 fully saturated rings. The first kappa shape index (κ1) is 19.6. The van der Waals surface area contributed by atoms with Crippen LogP contribution in [0.1, 0.15) is 46.0 Å². The van der Waals surface area contributed by atoms with E-state index in [1.807, 2.05) is 31.2 Å². The normalized spacial score (nSPS) is 14.4. The van der Waals surface area contributed by atoms with E-state index in [-0.39, 0.29) is 23.8 Å². The van der Waals surface area contributed by atoms with E-state index in [0.717, 1.165) is 5.56 Å². The molecule has 2 N–H and O–H groups in total. The lowest BCUT2D eigenvalue weighted by Crippen LogP contribution is -2.46. The number of nitrogens with zero attached hydrogens (tertiary/aromatic N) is 1. The number of amides is 3. The minimum Gasteiger partial charge on any atom is -0.349 e. The molecule has 3 amide bonds.